The standard InChI is InChI=1S/C19H23NO3/c1-13-7-5-8-16(14(13)2)20-19(21)12-11-15-17(22-3)9-6-10-18(15)23-4/h5-10H,11-12H2,1-4H3,(H,20,21). The van der Waals surface area contributed by atoms with Crippen molar-refractivity contribution in [3.05, 3.63) is 53.1 Å². The van der Waals surface area contributed by atoms with Gasteiger partial charge in [0.15, 0.2) is 0 Å². The lowest BCUT2D eigenvalue weighted by molar-refractivity contribution is -0.116. The van der Waals surface area contributed by atoms with Crippen molar-refractivity contribution in [3.8, 4) is 11.5 Å². The number of hydrogen-bond acceptors (Lipinski definition) is 3. The average Bonchev–Trinajstić information content (AvgIpc) is 2.56. The molecule has 2 rings (SSSR count). The second-order valence-electron chi connectivity index (χ2n) is 5.44. The number of aryl methyl sites for hydroxylation is 1. The van der Waals surface area contributed by atoms with Crippen LogP contribution in [0.4, 0.5) is 5.69 Å². The van der Waals surface area contributed by atoms with Gasteiger partial charge in [-0.25, -0.2) is 0 Å². The summed E-state index contributed by atoms with van der Waals surface area (Å²) in [6.45, 7) is 4.04. The molecule has 23 heavy (non-hydrogen) atoms. The molecular formula is C19H23NO3. The third-order valence-electron chi connectivity index (χ3n) is 4.01. The molecule has 0 saturated heterocycles. The molecule has 1 N–H and O–H groups in total. The lowest BCUT2D eigenvalue weighted by atomic mass is 10.1. The summed E-state index contributed by atoms with van der Waals surface area (Å²) in [4.78, 5) is 12.3. The van der Waals surface area contributed by atoms with Crippen molar-refractivity contribution >= 4 is 11.6 Å². The van der Waals surface area contributed by atoms with E-state index < -0.39 is 0 Å². The molecule has 0 spiro atoms. The first-order chi connectivity index (χ1) is 11.1. The van der Waals surface area contributed by atoms with E-state index in [-0.39, 0.29) is 5.91 Å². The summed E-state index contributed by atoms with van der Waals surface area (Å²) in [6.07, 6.45) is 0.925. The molecule has 0 atom stereocenters. The van der Waals surface area contributed by atoms with Gasteiger partial charge in [0.25, 0.3) is 0 Å². The molecule has 0 aliphatic carbocycles. The van der Waals surface area contributed by atoms with Crippen LogP contribution in [0.2, 0.25) is 0 Å². The van der Waals surface area contributed by atoms with Crippen molar-refractivity contribution in [2.24, 2.45) is 0 Å². The number of carbonyl (C=O) groups is 1. The smallest absolute Gasteiger partial charge is 0.224 e. The fourth-order valence-corrected chi connectivity index (χ4v) is 2.51. The minimum absolute atomic E-state index is 0.0216. The van der Waals surface area contributed by atoms with Crippen molar-refractivity contribution < 1.29 is 14.3 Å². The van der Waals surface area contributed by atoms with Crippen molar-refractivity contribution in [3.63, 3.8) is 0 Å². The summed E-state index contributed by atoms with van der Waals surface area (Å²) in [7, 11) is 3.24. The quantitative estimate of drug-likeness (QED) is 0.880. The van der Waals surface area contributed by atoms with Gasteiger partial charge in [0.2, 0.25) is 5.91 Å². The van der Waals surface area contributed by atoms with Crippen molar-refractivity contribution in [2.75, 3.05) is 19.5 Å². The normalized spacial score (nSPS) is 10.3. The number of methoxy groups -OCH3 is 2. The summed E-state index contributed by atoms with van der Waals surface area (Å²) < 4.78 is 10.7. The Balaban J connectivity index is 2.06. The number of ether oxygens (including phenoxy) is 2. The van der Waals surface area contributed by atoms with Gasteiger partial charge < -0.3 is 14.8 Å². The van der Waals surface area contributed by atoms with Crippen LogP contribution >= 0.6 is 0 Å². The molecule has 2 aromatic rings. The summed E-state index contributed by atoms with van der Waals surface area (Å²) in [5, 5.41) is 2.98. The predicted molar refractivity (Wildman–Crippen MR) is 92.4 cm³/mol. The molecule has 2 aromatic carbocycles. The molecule has 0 bridgehead atoms. The van der Waals surface area contributed by atoms with Crippen molar-refractivity contribution in [1.82, 2.24) is 0 Å². The maximum absolute atomic E-state index is 12.3. The zero-order valence-corrected chi connectivity index (χ0v) is 14.1. The minimum Gasteiger partial charge on any atom is -0.496 e. The van der Waals surface area contributed by atoms with Crippen LogP contribution in [-0.2, 0) is 11.2 Å². The number of anilines is 1. The number of carbonyl (C=O) groups excluding carboxylic acids is 1. The second kappa shape index (κ2) is 7.68. The predicted octanol–water partition coefficient (Wildman–Crippen LogP) is 3.89. The highest BCUT2D eigenvalue weighted by atomic mass is 16.5. The summed E-state index contributed by atoms with van der Waals surface area (Å²) in [5.74, 6) is 1.46. The molecule has 0 aromatic heterocycles. The highest BCUT2D eigenvalue weighted by molar-refractivity contribution is 5.91. The molecule has 122 valence electrons. The summed E-state index contributed by atoms with van der Waals surface area (Å²) >= 11 is 0. The topological polar surface area (TPSA) is 47.6 Å². The molecule has 4 heteroatoms. The van der Waals surface area contributed by atoms with Gasteiger partial charge in [0.05, 0.1) is 14.2 Å². The Morgan fingerprint density at radius 1 is 1.00 bits per heavy atom. The van der Waals surface area contributed by atoms with E-state index >= 15 is 0 Å². The van der Waals surface area contributed by atoms with Crippen molar-refractivity contribution in [2.45, 2.75) is 26.7 Å². The Morgan fingerprint density at radius 2 is 1.61 bits per heavy atom. The van der Waals surface area contributed by atoms with Gasteiger partial charge >= 0.3 is 0 Å². The van der Waals surface area contributed by atoms with E-state index in [9.17, 15) is 4.79 Å². The van der Waals surface area contributed by atoms with Crippen LogP contribution in [0, 0.1) is 13.8 Å². The molecule has 0 radical (unpaired) electrons. The molecule has 0 aliphatic heterocycles. The number of hydrogen-bond donors (Lipinski definition) is 1. The minimum atomic E-state index is -0.0216. The summed E-state index contributed by atoms with van der Waals surface area (Å²) in [5.41, 5.74) is 4.03. The molecular weight excluding hydrogens is 290 g/mol. The fourth-order valence-electron chi connectivity index (χ4n) is 2.51. The van der Waals surface area contributed by atoms with Gasteiger partial charge in [0, 0.05) is 17.7 Å². The number of amides is 1. The van der Waals surface area contributed by atoms with Crippen molar-refractivity contribution in [1.29, 1.82) is 0 Å². The highest BCUT2D eigenvalue weighted by Gasteiger charge is 2.12. The Labute approximate surface area is 137 Å². The molecule has 4 nitrogen and oxygen atoms in total. The molecule has 0 saturated carbocycles. The lowest BCUT2D eigenvalue weighted by Crippen LogP contribution is -2.14. The highest BCUT2D eigenvalue weighted by Crippen LogP contribution is 2.29. The van der Waals surface area contributed by atoms with E-state index in [1.807, 2.05) is 50.2 Å². The first-order valence-corrected chi connectivity index (χ1v) is 7.62. The van der Waals surface area contributed by atoms with Gasteiger partial charge in [-0.3, -0.25) is 4.79 Å². The van der Waals surface area contributed by atoms with Crippen LogP contribution in [0.25, 0.3) is 0 Å². The first-order valence-electron chi connectivity index (χ1n) is 7.62. The van der Waals surface area contributed by atoms with Gasteiger partial charge in [-0.1, -0.05) is 18.2 Å². The third kappa shape index (κ3) is 4.03. The summed E-state index contributed by atoms with van der Waals surface area (Å²) in [6, 6.07) is 11.5. The van der Waals surface area contributed by atoms with Crippen LogP contribution in [0.15, 0.2) is 36.4 Å². The van der Waals surface area contributed by atoms with E-state index in [2.05, 4.69) is 5.32 Å². The molecule has 1 amide bonds. The largest absolute Gasteiger partial charge is 0.496 e. The van der Waals surface area contributed by atoms with E-state index in [1.165, 1.54) is 0 Å². The zero-order valence-electron chi connectivity index (χ0n) is 14.1. The maximum atomic E-state index is 12.3. The zero-order chi connectivity index (χ0) is 16.8. The second-order valence-corrected chi connectivity index (χ2v) is 5.44. The maximum Gasteiger partial charge on any atom is 0.224 e. The van der Waals surface area contributed by atoms with Gasteiger partial charge in [0.1, 0.15) is 11.5 Å². The molecule has 0 fully saturated rings. The van der Waals surface area contributed by atoms with E-state index in [1.54, 1.807) is 14.2 Å². The Kier molecular flexibility index (Phi) is 5.63. The van der Waals surface area contributed by atoms with Crippen LogP contribution in [0.3, 0.4) is 0 Å². The number of benzene rings is 2. The van der Waals surface area contributed by atoms with E-state index in [0.717, 1.165) is 33.9 Å². The monoisotopic (exact) mass is 313 g/mol. The first kappa shape index (κ1) is 16.9. The number of rotatable bonds is 6. The Morgan fingerprint density at radius 3 is 2.22 bits per heavy atom. The SMILES string of the molecule is COc1cccc(OC)c1CCC(=O)Nc1cccc(C)c1C. The van der Waals surface area contributed by atoms with Crippen LogP contribution in [0.1, 0.15) is 23.1 Å². The van der Waals surface area contributed by atoms with E-state index in [4.69, 9.17) is 9.47 Å². The average molecular weight is 313 g/mol. The fraction of sp³-hybridized carbons (Fsp3) is 0.316. The molecule has 0 unspecified atom stereocenters. The molecule has 0 heterocycles. The number of nitrogens with one attached hydrogen (secondary N) is 1. The Hall–Kier alpha value is -2.49. The van der Waals surface area contributed by atoms with Gasteiger partial charge in [-0.15, -0.1) is 0 Å². The van der Waals surface area contributed by atoms with Crippen LogP contribution < -0.4 is 14.8 Å². The van der Waals surface area contributed by atoms with Gasteiger partial charge in [-0.2, -0.15) is 0 Å². The van der Waals surface area contributed by atoms with Crippen LogP contribution in [0.5, 0.6) is 11.5 Å². The van der Waals surface area contributed by atoms with Crippen LogP contribution in [-0.4, -0.2) is 20.1 Å². The Bertz CT molecular complexity index is 673. The third-order valence-corrected chi connectivity index (χ3v) is 4.01. The molecule has 0 aliphatic rings. The van der Waals surface area contributed by atoms with E-state index in [0.29, 0.717) is 12.8 Å². The lowest BCUT2D eigenvalue weighted by Gasteiger charge is -2.13. The van der Waals surface area contributed by atoms with Gasteiger partial charge in [-0.05, 0) is 49.6 Å².